The number of anilines is 1. The first-order chi connectivity index (χ1) is 11.7. The first-order valence-electron chi connectivity index (χ1n) is 8.07. The van der Waals surface area contributed by atoms with E-state index < -0.39 is 5.82 Å². The van der Waals surface area contributed by atoms with Crippen LogP contribution >= 0.6 is 0 Å². The Balaban J connectivity index is 1.47. The van der Waals surface area contributed by atoms with E-state index in [-0.39, 0.29) is 23.9 Å². The Morgan fingerprint density at radius 3 is 2.88 bits per heavy atom. The van der Waals surface area contributed by atoms with E-state index >= 15 is 0 Å². The van der Waals surface area contributed by atoms with Gasteiger partial charge in [-0.15, -0.1) is 0 Å². The van der Waals surface area contributed by atoms with E-state index in [2.05, 4.69) is 32.0 Å². The van der Waals surface area contributed by atoms with Gasteiger partial charge in [-0.1, -0.05) is 6.08 Å². The summed E-state index contributed by atoms with van der Waals surface area (Å²) in [5, 5.41) is 7.51. The summed E-state index contributed by atoms with van der Waals surface area (Å²) in [5.41, 5.74) is 3.90. The largest absolute Gasteiger partial charge is 0.365 e. The second-order valence-corrected chi connectivity index (χ2v) is 6.02. The number of nitrogens with zero attached hydrogens (tertiary/aromatic N) is 3. The van der Waals surface area contributed by atoms with Crippen LogP contribution < -0.4 is 16.1 Å². The van der Waals surface area contributed by atoms with Crippen molar-refractivity contribution in [2.45, 2.75) is 25.2 Å². The number of aromatic nitrogens is 1. The minimum Gasteiger partial charge on any atom is -0.365 e. The number of hydrazine groups is 1. The molecule has 2 unspecified atom stereocenters. The molecule has 3 N–H and O–H groups in total. The zero-order chi connectivity index (χ0) is 16.5. The number of likely N-dealkylation sites (tertiary alicyclic amines) is 1. The van der Waals surface area contributed by atoms with E-state index in [9.17, 15) is 9.18 Å². The molecule has 0 saturated carbocycles. The lowest BCUT2D eigenvalue weighted by atomic mass is 10.2. The molecule has 4 heterocycles. The maximum atomic E-state index is 13.7. The maximum absolute atomic E-state index is 13.7. The maximum Gasteiger partial charge on any atom is 0.275 e. The second kappa shape index (κ2) is 6.21. The molecule has 126 valence electrons. The van der Waals surface area contributed by atoms with Gasteiger partial charge in [-0.3, -0.25) is 19.7 Å². The first-order valence-corrected chi connectivity index (χ1v) is 8.07. The van der Waals surface area contributed by atoms with Crippen molar-refractivity contribution in [1.82, 2.24) is 25.6 Å². The molecule has 7 nitrogen and oxygen atoms in total. The van der Waals surface area contributed by atoms with Crippen molar-refractivity contribution in [2.24, 2.45) is 0 Å². The van der Waals surface area contributed by atoms with Crippen molar-refractivity contribution in [3.63, 3.8) is 0 Å². The third-order valence-electron chi connectivity index (χ3n) is 4.46. The van der Waals surface area contributed by atoms with Crippen molar-refractivity contribution < 1.29 is 9.18 Å². The number of hydrogen-bond donors (Lipinski definition) is 3. The predicted molar refractivity (Wildman–Crippen MR) is 86.5 cm³/mol. The molecule has 1 amide bonds. The Bertz CT molecular complexity index is 700. The average Bonchev–Trinajstić information content (AvgIpc) is 3.25. The van der Waals surface area contributed by atoms with Crippen molar-refractivity contribution in [3.05, 3.63) is 48.3 Å². The van der Waals surface area contributed by atoms with Crippen molar-refractivity contribution in [3.8, 4) is 0 Å². The lowest BCUT2D eigenvalue weighted by molar-refractivity contribution is -0.115. The fraction of sp³-hybridized carbons (Fsp3) is 0.375. The average molecular weight is 330 g/mol. The van der Waals surface area contributed by atoms with E-state index in [1.165, 1.54) is 25.1 Å². The number of halogens is 1. The highest BCUT2D eigenvalue weighted by molar-refractivity contribution is 6.03. The zero-order valence-electron chi connectivity index (χ0n) is 13.1. The Morgan fingerprint density at radius 2 is 2.08 bits per heavy atom. The van der Waals surface area contributed by atoms with Crippen LogP contribution in [0.3, 0.4) is 0 Å². The Kier molecular flexibility index (Phi) is 3.91. The third kappa shape index (κ3) is 2.74. The van der Waals surface area contributed by atoms with Crippen LogP contribution in [0, 0.1) is 5.82 Å². The molecule has 3 aliphatic rings. The summed E-state index contributed by atoms with van der Waals surface area (Å²) in [5.74, 6) is -0.937. The van der Waals surface area contributed by atoms with Crippen LogP contribution in [-0.4, -0.2) is 46.2 Å². The number of amides is 1. The van der Waals surface area contributed by atoms with Gasteiger partial charge in [0, 0.05) is 25.5 Å². The number of rotatable bonds is 3. The number of carbonyl (C=O) groups is 1. The molecular formula is C16H19FN6O. The lowest BCUT2D eigenvalue weighted by Crippen LogP contribution is -2.58. The quantitative estimate of drug-likeness (QED) is 0.710. The molecule has 1 aromatic rings. The van der Waals surface area contributed by atoms with Gasteiger partial charge in [-0.2, -0.15) is 0 Å². The van der Waals surface area contributed by atoms with E-state index in [1.807, 2.05) is 6.08 Å². The normalized spacial score (nSPS) is 26.0. The third-order valence-corrected chi connectivity index (χ3v) is 4.46. The molecule has 4 rings (SSSR count). The van der Waals surface area contributed by atoms with Crippen LogP contribution in [0.15, 0.2) is 42.5 Å². The lowest BCUT2D eigenvalue weighted by Gasteiger charge is -2.38. The van der Waals surface area contributed by atoms with E-state index in [4.69, 9.17) is 0 Å². The van der Waals surface area contributed by atoms with E-state index in [0.29, 0.717) is 5.70 Å². The highest BCUT2D eigenvalue weighted by Crippen LogP contribution is 2.22. The number of pyridine rings is 1. The standard InChI is InChI=1S/C16H19FN6O/c17-11-9-18-6-5-12(11)20-16(24)13-10-19-14-3-4-15(21-23(13)14)22-7-1-2-8-22/h3-6,9-10,14-15,19,21H,1-2,7-8H2,(H,18,20,24). The minimum absolute atomic E-state index is 0.0671. The number of hydrogen-bond acceptors (Lipinski definition) is 6. The summed E-state index contributed by atoms with van der Waals surface area (Å²) in [6, 6.07) is 1.43. The molecule has 0 aromatic carbocycles. The van der Waals surface area contributed by atoms with Gasteiger partial charge in [-0.25, -0.2) is 9.82 Å². The van der Waals surface area contributed by atoms with Crippen LogP contribution in [0.4, 0.5) is 10.1 Å². The van der Waals surface area contributed by atoms with Crippen LogP contribution in [0.1, 0.15) is 12.8 Å². The van der Waals surface area contributed by atoms with Crippen LogP contribution in [0.5, 0.6) is 0 Å². The monoisotopic (exact) mass is 330 g/mol. The van der Waals surface area contributed by atoms with Gasteiger partial charge in [0.25, 0.3) is 5.91 Å². The second-order valence-electron chi connectivity index (χ2n) is 6.02. The molecule has 3 aliphatic heterocycles. The molecule has 0 aliphatic carbocycles. The molecule has 1 aromatic heterocycles. The van der Waals surface area contributed by atoms with Gasteiger partial charge in [0.15, 0.2) is 5.82 Å². The van der Waals surface area contributed by atoms with Gasteiger partial charge < -0.3 is 10.6 Å². The topological polar surface area (TPSA) is 72.5 Å². The smallest absolute Gasteiger partial charge is 0.275 e. The van der Waals surface area contributed by atoms with Crippen molar-refractivity contribution in [2.75, 3.05) is 18.4 Å². The molecule has 2 atom stereocenters. The molecule has 24 heavy (non-hydrogen) atoms. The molecule has 0 bridgehead atoms. The molecule has 1 saturated heterocycles. The summed E-state index contributed by atoms with van der Waals surface area (Å²) in [7, 11) is 0. The first kappa shape index (κ1) is 15.1. The van der Waals surface area contributed by atoms with Gasteiger partial charge in [-0.05, 0) is 25.0 Å². The number of carbonyl (C=O) groups excluding carboxylic acids is 1. The molecule has 8 heteroatoms. The highest BCUT2D eigenvalue weighted by Gasteiger charge is 2.35. The number of fused-ring (bicyclic) bond motifs is 1. The molecular weight excluding hydrogens is 311 g/mol. The fourth-order valence-corrected chi connectivity index (χ4v) is 3.21. The Labute approximate surface area is 139 Å². The fourth-order valence-electron chi connectivity index (χ4n) is 3.21. The zero-order valence-corrected chi connectivity index (χ0v) is 13.1. The molecule has 0 radical (unpaired) electrons. The van der Waals surface area contributed by atoms with Gasteiger partial charge in [0.05, 0.1) is 18.1 Å². The summed E-state index contributed by atoms with van der Waals surface area (Å²) >= 11 is 0. The number of nitrogens with one attached hydrogen (secondary N) is 3. The van der Waals surface area contributed by atoms with Gasteiger partial charge >= 0.3 is 0 Å². The van der Waals surface area contributed by atoms with Crippen molar-refractivity contribution in [1.29, 1.82) is 0 Å². The summed E-state index contributed by atoms with van der Waals surface area (Å²) in [6.45, 7) is 2.09. The van der Waals surface area contributed by atoms with Crippen molar-refractivity contribution >= 4 is 11.6 Å². The van der Waals surface area contributed by atoms with Crippen LogP contribution in [0.25, 0.3) is 0 Å². The predicted octanol–water partition coefficient (Wildman–Crippen LogP) is 0.728. The highest BCUT2D eigenvalue weighted by atomic mass is 19.1. The Morgan fingerprint density at radius 1 is 1.29 bits per heavy atom. The summed E-state index contributed by atoms with van der Waals surface area (Å²) in [4.78, 5) is 18.5. The van der Waals surface area contributed by atoms with E-state index in [1.54, 1.807) is 11.2 Å². The molecule has 1 fully saturated rings. The SMILES string of the molecule is O=C(Nc1ccncc1F)C1=CNC2C=CC(N3CCCC3)NN12. The van der Waals surface area contributed by atoms with Crippen LogP contribution in [-0.2, 0) is 4.79 Å². The van der Waals surface area contributed by atoms with Gasteiger partial charge in [0.2, 0.25) is 0 Å². The summed E-state index contributed by atoms with van der Waals surface area (Å²) in [6.07, 6.45) is 10.6. The summed E-state index contributed by atoms with van der Waals surface area (Å²) < 4.78 is 13.7. The van der Waals surface area contributed by atoms with Gasteiger partial charge in [0.1, 0.15) is 11.9 Å². The Hall–Kier alpha value is -2.45. The minimum atomic E-state index is -0.560. The van der Waals surface area contributed by atoms with Crippen LogP contribution in [0.2, 0.25) is 0 Å². The van der Waals surface area contributed by atoms with E-state index in [0.717, 1.165) is 19.3 Å². The molecule has 0 spiro atoms.